The lowest BCUT2D eigenvalue weighted by Crippen LogP contribution is -2.14. The monoisotopic (exact) mass is 340 g/mol. The van der Waals surface area contributed by atoms with Crippen molar-refractivity contribution in [3.05, 3.63) is 58.9 Å². The van der Waals surface area contributed by atoms with Gasteiger partial charge in [-0.15, -0.1) is 11.3 Å². The molecule has 3 rings (SSSR count). The van der Waals surface area contributed by atoms with Crippen LogP contribution in [0.2, 0.25) is 0 Å². The number of carbonyl (C=O) groups excluding carboxylic acids is 1. The van der Waals surface area contributed by atoms with Crippen LogP contribution in [-0.4, -0.2) is 15.9 Å². The van der Waals surface area contributed by atoms with E-state index in [1.54, 1.807) is 24.4 Å². The van der Waals surface area contributed by atoms with Crippen LogP contribution in [0.25, 0.3) is 0 Å². The quantitative estimate of drug-likeness (QED) is 0.705. The third-order valence-electron chi connectivity index (χ3n) is 3.23. The van der Waals surface area contributed by atoms with Crippen molar-refractivity contribution in [2.45, 2.75) is 13.8 Å². The highest BCUT2D eigenvalue weighted by atomic mass is 32.1. The molecule has 0 spiro atoms. The molecule has 0 radical (unpaired) electrons. The Morgan fingerprint density at radius 3 is 2.62 bits per heavy atom. The number of hydrogen-bond acceptors (Lipinski definition) is 6. The molecule has 24 heavy (non-hydrogen) atoms. The van der Waals surface area contributed by atoms with Crippen molar-refractivity contribution in [3.8, 4) is 11.5 Å². The predicted octanol–water partition coefficient (Wildman–Crippen LogP) is 3.78. The van der Waals surface area contributed by atoms with E-state index in [4.69, 9.17) is 10.5 Å². The second-order valence-corrected chi connectivity index (χ2v) is 6.09. The number of aryl methyl sites for hydroxylation is 2. The fourth-order valence-corrected chi connectivity index (χ4v) is 2.71. The Balaban J connectivity index is 1.80. The molecule has 2 heterocycles. The van der Waals surface area contributed by atoms with Crippen LogP contribution >= 0.6 is 11.3 Å². The first-order valence-electron chi connectivity index (χ1n) is 7.25. The van der Waals surface area contributed by atoms with E-state index in [9.17, 15) is 4.79 Å². The molecule has 0 aliphatic rings. The summed E-state index contributed by atoms with van der Waals surface area (Å²) in [7, 11) is 0. The summed E-state index contributed by atoms with van der Waals surface area (Å²) in [5.41, 5.74) is 8.38. The average molecular weight is 340 g/mol. The molecular formula is C17H16N4O2S. The van der Waals surface area contributed by atoms with E-state index in [0.717, 1.165) is 11.4 Å². The molecule has 7 heteroatoms. The number of hydrogen-bond donors (Lipinski definition) is 2. The van der Waals surface area contributed by atoms with Gasteiger partial charge in [0.25, 0.3) is 5.91 Å². The number of carbonyl (C=O) groups is 1. The number of benzene rings is 1. The lowest BCUT2D eigenvalue weighted by molar-refractivity contribution is 0.102. The first kappa shape index (κ1) is 15.9. The van der Waals surface area contributed by atoms with Crippen molar-refractivity contribution >= 4 is 28.1 Å². The average Bonchev–Trinajstić information content (AvgIpc) is 2.96. The van der Waals surface area contributed by atoms with E-state index in [0.29, 0.717) is 27.9 Å². The molecule has 0 unspecified atom stereocenters. The molecule has 6 nitrogen and oxygen atoms in total. The van der Waals surface area contributed by atoms with E-state index in [1.807, 2.05) is 31.4 Å². The summed E-state index contributed by atoms with van der Waals surface area (Å²) in [6.07, 6.45) is 1.63. The Hall–Kier alpha value is -2.93. The Morgan fingerprint density at radius 2 is 1.96 bits per heavy atom. The number of nitrogen functional groups attached to an aromatic ring is 1. The minimum absolute atomic E-state index is 0.325. The Bertz CT molecular complexity index is 875. The summed E-state index contributed by atoms with van der Waals surface area (Å²) < 4.78 is 5.72. The maximum absolute atomic E-state index is 12.4. The second-order valence-electron chi connectivity index (χ2n) is 5.23. The molecule has 0 fully saturated rings. The molecule has 1 amide bonds. The molecule has 0 atom stereocenters. The van der Waals surface area contributed by atoms with Gasteiger partial charge in [-0.1, -0.05) is 0 Å². The van der Waals surface area contributed by atoms with Gasteiger partial charge in [-0.2, -0.15) is 0 Å². The van der Waals surface area contributed by atoms with Crippen LogP contribution in [0.1, 0.15) is 21.7 Å². The van der Waals surface area contributed by atoms with E-state index in [-0.39, 0.29) is 5.91 Å². The van der Waals surface area contributed by atoms with E-state index >= 15 is 0 Å². The van der Waals surface area contributed by atoms with Gasteiger partial charge in [-0.3, -0.25) is 15.1 Å². The van der Waals surface area contributed by atoms with Gasteiger partial charge in [0, 0.05) is 16.8 Å². The maximum Gasteiger partial charge on any atom is 0.259 e. The van der Waals surface area contributed by atoms with Crippen LogP contribution in [0.3, 0.4) is 0 Å². The minimum atomic E-state index is -0.325. The minimum Gasteiger partial charge on any atom is -0.456 e. The number of thiazole rings is 1. The van der Waals surface area contributed by atoms with Crippen molar-refractivity contribution in [2.75, 3.05) is 11.1 Å². The summed E-state index contributed by atoms with van der Waals surface area (Å²) in [4.78, 5) is 20.8. The summed E-state index contributed by atoms with van der Waals surface area (Å²) in [5, 5.41) is 5.14. The van der Waals surface area contributed by atoms with Gasteiger partial charge in [0.2, 0.25) is 0 Å². The molecule has 0 saturated heterocycles. The van der Waals surface area contributed by atoms with Crippen molar-refractivity contribution in [2.24, 2.45) is 0 Å². The topological polar surface area (TPSA) is 90.1 Å². The highest BCUT2D eigenvalue weighted by molar-refractivity contribution is 7.13. The van der Waals surface area contributed by atoms with E-state index in [1.165, 1.54) is 11.3 Å². The molecule has 3 N–H and O–H groups in total. The zero-order chi connectivity index (χ0) is 17.1. The summed E-state index contributed by atoms with van der Waals surface area (Å²) in [6, 6.07) is 8.62. The highest BCUT2D eigenvalue weighted by Gasteiger charge is 2.13. The molecule has 3 aromatic rings. The highest BCUT2D eigenvalue weighted by Crippen LogP contribution is 2.26. The molecule has 122 valence electrons. The van der Waals surface area contributed by atoms with E-state index in [2.05, 4.69) is 15.3 Å². The Morgan fingerprint density at radius 1 is 1.17 bits per heavy atom. The molecule has 0 saturated carbocycles. The summed E-state index contributed by atoms with van der Waals surface area (Å²) in [5.74, 6) is 0.775. The number of anilines is 2. The van der Waals surface area contributed by atoms with Crippen LogP contribution in [0, 0.1) is 13.8 Å². The van der Waals surface area contributed by atoms with Gasteiger partial charge in [0.15, 0.2) is 5.13 Å². The normalized spacial score (nSPS) is 10.4. The standard InChI is InChI=1S/C17H16N4O2S/c1-10-3-4-13(8-19-10)23-12-5-6-15(18)14(7-12)16(22)21-17-20-11(2)9-24-17/h3-9H,18H2,1-2H3,(H,20,21,22). The lowest BCUT2D eigenvalue weighted by Gasteiger charge is -2.10. The number of amides is 1. The molecule has 0 aliphatic carbocycles. The van der Waals surface area contributed by atoms with Crippen molar-refractivity contribution in [1.82, 2.24) is 9.97 Å². The van der Waals surface area contributed by atoms with E-state index < -0.39 is 0 Å². The fourth-order valence-electron chi connectivity index (χ4n) is 2.02. The van der Waals surface area contributed by atoms with Gasteiger partial charge in [-0.25, -0.2) is 4.98 Å². The van der Waals surface area contributed by atoms with Gasteiger partial charge in [-0.05, 0) is 44.2 Å². The number of ether oxygens (including phenoxy) is 1. The number of nitrogens with zero attached hydrogens (tertiary/aromatic N) is 2. The van der Waals surface area contributed by atoms with Gasteiger partial charge < -0.3 is 10.5 Å². The third kappa shape index (κ3) is 3.69. The van der Waals surface area contributed by atoms with Crippen LogP contribution in [-0.2, 0) is 0 Å². The van der Waals surface area contributed by atoms with Gasteiger partial charge in [0.1, 0.15) is 11.5 Å². The Kier molecular flexibility index (Phi) is 4.43. The van der Waals surface area contributed by atoms with Crippen molar-refractivity contribution < 1.29 is 9.53 Å². The molecule has 0 aliphatic heterocycles. The van der Waals surface area contributed by atoms with Crippen LogP contribution in [0.5, 0.6) is 11.5 Å². The number of nitrogens with one attached hydrogen (secondary N) is 1. The smallest absolute Gasteiger partial charge is 0.259 e. The third-order valence-corrected chi connectivity index (χ3v) is 4.10. The van der Waals surface area contributed by atoms with Crippen molar-refractivity contribution in [3.63, 3.8) is 0 Å². The molecule has 0 bridgehead atoms. The number of pyridine rings is 1. The van der Waals surface area contributed by atoms with Crippen LogP contribution in [0.4, 0.5) is 10.8 Å². The van der Waals surface area contributed by atoms with Gasteiger partial charge in [0.05, 0.1) is 17.5 Å². The first-order valence-corrected chi connectivity index (χ1v) is 8.13. The lowest BCUT2D eigenvalue weighted by atomic mass is 10.1. The summed E-state index contributed by atoms with van der Waals surface area (Å²) >= 11 is 1.36. The molecule has 1 aromatic carbocycles. The SMILES string of the molecule is Cc1ccc(Oc2ccc(N)c(C(=O)Nc3nc(C)cs3)c2)cn1. The number of nitrogens with two attached hydrogens (primary N) is 1. The zero-order valence-corrected chi connectivity index (χ0v) is 14.1. The van der Waals surface area contributed by atoms with Crippen LogP contribution in [0.15, 0.2) is 41.9 Å². The molecule has 2 aromatic heterocycles. The largest absolute Gasteiger partial charge is 0.456 e. The molecular weight excluding hydrogens is 324 g/mol. The van der Waals surface area contributed by atoms with Crippen molar-refractivity contribution in [1.29, 1.82) is 0 Å². The first-order chi connectivity index (χ1) is 11.5. The Labute approximate surface area is 143 Å². The van der Waals surface area contributed by atoms with Crippen LogP contribution < -0.4 is 15.8 Å². The number of aromatic nitrogens is 2. The predicted molar refractivity (Wildman–Crippen MR) is 94.7 cm³/mol. The second kappa shape index (κ2) is 6.67. The number of rotatable bonds is 4. The summed E-state index contributed by atoms with van der Waals surface area (Å²) in [6.45, 7) is 3.76. The fraction of sp³-hybridized carbons (Fsp3) is 0.118. The van der Waals surface area contributed by atoms with Gasteiger partial charge >= 0.3 is 0 Å². The zero-order valence-electron chi connectivity index (χ0n) is 13.2. The maximum atomic E-state index is 12.4.